The van der Waals surface area contributed by atoms with Crippen molar-refractivity contribution in [3.63, 3.8) is 0 Å². The van der Waals surface area contributed by atoms with Gasteiger partial charge in [-0.25, -0.2) is 0 Å². The van der Waals surface area contributed by atoms with Gasteiger partial charge in [-0.3, -0.25) is 14.4 Å². The molecule has 0 radical (unpaired) electrons. The van der Waals surface area contributed by atoms with Crippen LogP contribution < -0.4 is 0 Å². The number of carbonyl (C=O) groups is 3. The summed E-state index contributed by atoms with van der Waals surface area (Å²) in [6, 6.07) is 0. The van der Waals surface area contributed by atoms with Gasteiger partial charge in [-0.1, -0.05) is 386 Å². The Morgan fingerprint density at radius 3 is 0.610 bits per heavy atom. The number of unbranched alkanes of at least 4 members (excludes halogenated alkanes) is 58. The van der Waals surface area contributed by atoms with Crippen molar-refractivity contribution >= 4 is 17.9 Å². The Morgan fingerprint density at radius 2 is 0.402 bits per heavy atom. The number of esters is 3. The highest BCUT2D eigenvalue weighted by Crippen LogP contribution is 2.20. The van der Waals surface area contributed by atoms with Crippen LogP contribution in [0.5, 0.6) is 0 Å². The average Bonchev–Trinajstić information content (AvgIpc) is 3.47. The molecule has 0 rings (SSSR count). The van der Waals surface area contributed by atoms with Gasteiger partial charge in [0.1, 0.15) is 13.2 Å². The molecule has 82 heavy (non-hydrogen) atoms. The van der Waals surface area contributed by atoms with Crippen LogP contribution in [0.3, 0.4) is 0 Å². The van der Waals surface area contributed by atoms with Crippen LogP contribution in [0.1, 0.15) is 438 Å². The quantitative estimate of drug-likeness (QED) is 0.0261. The second-order valence-corrected chi connectivity index (χ2v) is 25.9. The maximum atomic E-state index is 12.9. The predicted octanol–water partition coefficient (Wildman–Crippen LogP) is 26.0. The van der Waals surface area contributed by atoms with Crippen molar-refractivity contribution in [3.05, 3.63) is 12.2 Å². The van der Waals surface area contributed by atoms with E-state index in [1.165, 1.54) is 340 Å². The van der Waals surface area contributed by atoms with Crippen molar-refractivity contribution in [2.75, 3.05) is 13.2 Å². The Labute approximate surface area is 513 Å². The standard InChI is InChI=1S/C76H146O6/c1-4-7-10-13-16-19-22-25-27-29-31-32-33-34-35-36-37-38-39-40-41-42-43-44-45-47-48-51-54-57-60-63-66-69-75(78)81-72-73(71-80-74(77)68-65-62-59-56-53-50-24-21-18-15-12-9-6-3)82-76(79)70-67-64-61-58-55-52-49-46-30-28-26-23-20-17-14-11-8-5-2/h29,31,73H,4-28,30,32-72H2,1-3H3/b31-29-. The number of hydrogen-bond donors (Lipinski definition) is 0. The van der Waals surface area contributed by atoms with Gasteiger partial charge >= 0.3 is 17.9 Å². The van der Waals surface area contributed by atoms with Gasteiger partial charge in [0.25, 0.3) is 0 Å². The normalized spacial score (nSPS) is 12.0. The van der Waals surface area contributed by atoms with Crippen LogP contribution in [0.2, 0.25) is 0 Å². The maximum Gasteiger partial charge on any atom is 0.306 e. The Morgan fingerprint density at radius 1 is 0.232 bits per heavy atom. The summed E-state index contributed by atoms with van der Waals surface area (Å²) >= 11 is 0. The van der Waals surface area contributed by atoms with Crippen LogP contribution >= 0.6 is 0 Å². The lowest BCUT2D eigenvalue weighted by molar-refractivity contribution is -0.167. The topological polar surface area (TPSA) is 78.9 Å². The summed E-state index contributed by atoms with van der Waals surface area (Å²) in [5.41, 5.74) is 0. The van der Waals surface area contributed by atoms with Crippen LogP contribution in [0.25, 0.3) is 0 Å². The Hall–Kier alpha value is -1.85. The van der Waals surface area contributed by atoms with E-state index < -0.39 is 6.10 Å². The molecule has 0 aliphatic heterocycles. The molecule has 0 aliphatic carbocycles. The van der Waals surface area contributed by atoms with E-state index in [1.807, 2.05) is 0 Å². The molecule has 0 fully saturated rings. The third kappa shape index (κ3) is 68.9. The zero-order valence-corrected chi connectivity index (χ0v) is 56.1. The lowest BCUT2D eigenvalue weighted by atomic mass is 10.0. The van der Waals surface area contributed by atoms with E-state index in [-0.39, 0.29) is 31.1 Å². The van der Waals surface area contributed by atoms with Crippen molar-refractivity contribution in [2.24, 2.45) is 0 Å². The minimum atomic E-state index is -0.764. The minimum Gasteiger partial charge on any atom is -0.462 e. The van der Waals surface area contributed by atoms with Gasteiger partial charge in [-0.2, -0.15) is 0 Å². The smallest absolute Gasteiger partial charge is 0.306 e. The summed E-state index contributed by atoms with van der Waals surface area (Å²) in [5.74, 6) is -0.823. The molecule has 0 saturated heterocycles. The molecule has 486 valence electrons. The third-order valence-corrected chi connectivity index (χ3v) is 17.5. The molecule has 0 aliphatic rings. The van der Waals surface area contributed by atoms with Crippen molar-refractivity contribution in [3.8, 4) is 0 Å². The maximum absolute atomic E-state index is 12.9. The molecule has 0 spiro atoms. The number of rotatable bonds is 71. The zero-order chi connectivity index (χ0) is 59.2. The van der Waals surface area contributed by atoms with Gasteiger partial charge < -0.3 is 14.2 Å². The van der Waals surface area contributed by atoms with Gasteiger partial charge in [0.15, 0.2) is 6.10 Å². The summed E-state index contributed by atoms with van der Waals surface area (Å²) in [4.78, 5) is 38.4. The van der Waals surface area contributed by atoms with Crippen molar-refractivity contribution in [1.29, 1.82) is 0 Å². The van der Waals surface area contributed by atoms with Crippen molar-refractivity contribution in [1.82, 2.24) is 0 Å². The molecule has 0 aromatic heterocycles. The first kappa shape index (κ1) is 80.2. The SMILES string of the molecule is CCCCCCCCCC/C=C\CCCCCCCCCCCCCCCCCCCCCCCC(=O)OCC(COC(=O)CCCCCCCCCCCCCCC)OC(=O)CCCCCCCCCCCCCCCCCCCC. The first-order valence-corrected chi connectivity index (χ1v) is 37.7. The highest BCUT2D eigenvalue weighted by Gasteiger charge is 2.20. The number of allylic oxidation sites excluding steroid dienone is 2. The molecule has 0 N–H and O–H groups in total. The molecule has 6 nitrogen and oxygen atoms in total. The molecule has 6 heteroatoms. The lowest BCUT2D eigenvalue weighted by Gasteiger charge is -2.18. The van der Waals surface area contributed by atoms with Crippen LogP contribution in [-0.2, 0) is 28.6 Å². The molecular formula is C76H146O6. The van der Waals surface area contributed by atoms with Gasteiger partial charge in [-0.05, 0) is 44.9 Å². The van der Waals surface area contributed by atoms with Gasteiger partial charge in [0, 0.05) is 19.3 Å². The third-order valence-electron chi connectivity index (χ3n) is 17.5. The van der Waals surface area contributed by atoms with Gasteiger partial charge in [0.2, 0.25) is 0 Å². The first-order valence-electron chi connectivity index (χ1n) is 37.7. The molecule has 1 atom stereocenters. The number of carbonyl (C=O) groups excluding carboxylic acids is 3. The molecule has 0 saturated carbocycles. The molecule has 0 heterocycles. The highest BCUT2D eigenvalue weighted by molar-refractivity contribution is 5.71. The predicted molar refractivity (Wildman–Crippen MR) is 358 cm³/mol. The molecule has 0 aromatic carbocycles. The largest absolute Gasteiger partial charge is 0.462 e. The summed E-state index contributed by atoms with van der Waals surface area (Å²) in [6.07, 6.45) is 87.0. The molecule has 1 unspecified atom stereocenters. The van der Waals surface area contributed by atoms with E-state index in [2.05, 4.69) is 32.9 Å². The van der Waals surface area contributed by atoms with E-state index in [4.69, 9.17) is 14.2 Å². The zero-order valence-electron chi connectivity index (χ0n) is 56.1. The summed E-state index contributed by atoms with van der Waals surface area (Å²) in [5, 5.41) is 0. The van der Waals surface area contributed by atoms with Crippen molar-refractivity contribution < 1.29 is 28.6 Å². The van der Waals surface area contributed by atoms with E-state index in [9.17, 15) is 14.4 Å². The van der Waals surface area contributed by atoms with Crippen LogP contribution in [0.15, 0.2) is 12.2 Å². The molecule has 0 aromatic rings. The van der Waals surface area contributed by atoms with Gasteiger partial charge in [0.05, 0.1) is 0 Å². The number of hydrogen-bond acceptors (Lipinski definition) is 6. The van der Waals surface area contributed by atoms with E-state index in [0.717, 1.165) is 57.8 Å². The van der Waals surface area contributed by atoms with Crippen LogP contribution in [0, 0.1) is 0 Å². The molecular weight excluding hydrogens is 1010 g/mol. The summed E-state index contributed by atoms with van der Waals surface area (Å²) in [7, 11) is 0. The first-order chi connectivity index (χ1) is 40.5. The van der Waals surface area contributed by atoms with Crippen LogP contribution in [0.4, 0.5) is 0 Å². The van der Waals surface area contributed by atoms with E-state index in [0.29, 0.717) is 19.3 Å². The minimum absolute atomic E-state index is 0.0615. The average molecular weight is 1160 g/mol. The highest BCUT2D eigenvalue weighted by atomic mass is 16.6. The Kier molecular flexibility index (Phi) is 70.0. The Bertz CT molecular complexity index is 1280. The summed E-state index contributed by atoms with van der Waals surface area (Å²) in [6.45, 7) is 6.73. The van der Waals surface area contributed by atoms with Crippen LogP contribution in [-0.4, -0.2) is 37.2 Å². The van der Waals surface area contributed by atoms with Gasteiger partial charge in [-0.15, -0.1) is 0 Å². The second kappa shape index (κ2) is 71.6. The van der Waals surface area contributed by atoms with E-state index >= 15 is 0 Å². The summed E-state index contributed by atoms with van der Waals surface area (Å²) < 4.78 is 17.0. The second-order valence-electron chi connectivity index (χ2n) is 25.9. The monoisotopic (exact) mass is 1160 g/mol. The molecule has 0 bridgehead atoms. The van der Waals surface area contributed by atoms with Crippen molar-refractivity contribution in [2.45, 2.75) is 444 Å². The van der Waals surface area contributed by atoms with E-state index in [1.54, 1.807) is 0 Å². The Balaban J connectivity index is 4.08. The molecule has 0 amide bonds. The lowest BCUT2D eigenvalue weighted by Crippen LogP contribution is -2.30. The number of ether oxygens (including phenoxy) is 3. The fourth-order valence-corrected chi connectivity index (χ4v) is 11.9. The fraction of sp³-hybridized carbons (Fsp3) is 0.934. The fourth-order valence-electron chi connectivity index (χ4n) is 11.9.